The molecule has 0 radical (unpaired) electrons. The number of fused-ring (bicyclic) bond motifs is 3. The second-order valence-corrected chi connectivity index (χ2v) is 7.62. The number of rotatable bonds is 5. The summed E-state index contributed by atoms with van der Waals surface area (Å²) in [5, 5.41) is 2.26. The summed E-state index contributed by atoms with van der Waals surface area (Å²) < 4.78 is 2.37. The van der Waals surface area contributed by atoms with E-state index in [4.69, 9.17) is 4.98 Å². The maximum Gasteiger partial charge on any atom is 0.169 e. The molecule has 0 saturated carbocycles. The lowest BCUT2D eigenvalue weighted by molar-refractivity contribution is 0.505. The Balaban J connectivity index is 1.81. The fraction of sp³-hybridized carbons (Fsp3) is 0.238. The van der Waals surface area contributed by atoms with Crippen LogP contribution in [0.1, 0.15) is 19.4 Å². The standard InChI is InChI=1S/C21H21N3S/c1-15(2)13-24-20-17-10-6-7-11-18(17)22-12-19(20)23-21(24)25-14-16-8-4-3-5-9-16/h3-12,15H,13-14H2,1-2H3. The Morgan fingerprint density at radius 3 is 2.52 bits per heavy atom. The van der Waals surface area contributed by atoms with E-state index in [1.165, 1.54) is 16.5 Å². The molecule has 0 aliphatic heterocycles. The van der Waals surface area contributed by atoms with Gasteiger partial charge in [-0.15, -0.1) is 0 Å². The Kier molecular flexibility index (Phi) is 4.45. The van der Waals surface area contributed by atoms with Crippen LogP contribution in [0.3, 0.4) is 0 Å². The smallest absolute Gasteiger partial charge is 0.169 e. The topological polar surface area (TPSA) is 30.7 Å². The van der Waals surface area contributed by atoms with Gasteiger partial charge < -0.3 is 4.57 Å². The van der Waals surface area contributed by atoms with E-state index < -0.39 is 0 Å². The molecule has 0 spiro atoms. The number of nitrogens with zero attached hydrogens (tertiary/aromatic N) is 3. The average molecular weight is 347 g/mol. The number of para-hydroxylation sites is 1. The van der Waals surface area contributed by atoms with Crippen molar-refractivity contribution < 1.29 is 0 Å². The van der Waals surface area contributed by atoms with Crippen LogP contribution in [0.15, 0.2) is 66.0 Å². The fourth-order valence-electron chi connectivity index (χ4n) is 3.11. The van der Waals surface area contributed by atoms with Crippen LogP contribution in [0.5, 0.6) is 0 Å². The van der Waals surface area contributed by atoms with Crippen LogP contribution >= 0.6 is 11.8 Å². The van der Waals surface area contributed by atoms with E-state index in [2.05, 4.69) is 71.9 Å². The quantitative estimate of drug-likeness (QED) is 0.445. The number of hydrogen-bond acceptors (Lipinski definition) is 3. The van der Waals surface area contributed by atoms with Gasteiger partial charge in [0.15, 0.2) is 5.16 Å². The number of benzene rings is 2. The van der Waals surface area contributed by atoms with Gasteiger partial charge in [0.1, 0.15) is 5.52 Å². The Labute approximate surface area is 152 Å². The molecule has 0 bridgehead atoms. The Bertz CT molecular complexity index is 1010. The zero-order chi connectivity index (χ0) is 17.2. The zero-order valence-electron chi connectivity index (χ0n) is 14.5. The summed E-state index contributed by atoms with van der Waals surface area (Å²) in [5.74, 6) is 1.48. The second kappa shape index (κ2) is 6.89. The molecule has 0 atom stereocenters. The van der Waals surface area contributed by atoms with E-state index in [0.717, 1.165) is 28.5 Å². The summed E-state index contributed by atoms with van der Waals surface area (Å²) >= 11 is 1.80. The molecule has 0 fully saturated rings. The number of aromatic nitrogens is 3. The molecule has 2 aromatic carbocycles. The van der Waals surface area contributed by atoms with Gasteiger partial charge in [-0.2, -0.15) is 0 Å². The molecule has 0 saturated heterocycles. The predicted molar refractivity (Wildman–Crippen MR) is 106 cm³/mol. The van der Waals surface area contributed by atoms with Crippen LogP contribution in [0.4, 0.5) is 0 Å². The van der Waals surface area contributed by atoms with Gasteiger partial charge in [0, 0.05) is 17.7 Å². The lowest BCUT2D eigenvalue weighted by atomic mass is 10.2. The molecule has 0 aliphatic rings. The van der Waals surface area contributed by atoms with Crippen LogP contribution < -0.4 is 0 Å². The van der Waals surface area contributed by atoms with Gasteiger partial charge in [-0.05, 0) is 17.5 Å². The van der Waals surface area contributed by atoms with Crippen LogP contribution in [-0.2, 0) is 12.3 Å². The molecular weight excluding hydrogens is 326 g/mol. The maximum absolute atomic E-state index is 4.89. The van der Waals surface area contributed by atoms with Gasteiger partial charge >= 0.3 is 0 Å². The number of pyridine rings is 1. The number of imidazole rings is 1. The van der Waals surface area contributed by atoms with E-state index in [1.807, 2.05) is 12.3 Å². The zero-order valence-corrected chi connectivity index (χ0v) is 15.3. The third-order valence-corrected chi connectivity index (χ3v) is 5.25. The number of thioether (sulfide) groups is 1. The van der Waals surface area contributed by atoms with Crippen molar-refractivity contribution in [2.75, 3.05) is 0 Å². The Morgan fingerprint density at radius 1 is 0.960 bits per heavy atom. The molecule has 4 heteroatoms. The first-order chi connectivity index (χ1) is 12.2. The van der Waals surface area contributed by atoms with Crippen LogP contribution in [0.2, 0.25) is 0 Å². The van der Waals surface area contributed by atoms with Crippen molar-refractivity contribution in [2.45, 2.75) is 31.3 Å². The minimum atomic E-state index is 0.556. The highest BCUT2D eigenvalue weighted by molar-refractivity contribution is 7.98. The first-order valence-electron chi connectivity index (χ1n) is 8.63. The monoisotopic (exact) mass is 347 g/mol. The van der Waals surface area contributed by atoms with E-state index >= 15 is 0 Å². The summed E-state index contributed by atoms with van der Waals surface area (Å²) in [4.78, 5) is 9.47. The fourth-order valence-corrected chi connectivity index (χ4v) is 4.08. The van der Waals surface area contributed by atoms with Gasteiger partial charge in [0.25, 0.3) is 0 Å². The molecule has 4 aromatic rings. The van der Waals surface area contributed by atoms with Crippen molar-refractivity contribution in [3.05, 3.63) is 66.4 Å². The minimum absolute atomic E-state index is 0.556. The third-order valence-electron chi connectivity index (χ3n) is 4.20. The summed E-state index contributed by atoms with van der Waals surface area (Å²) in [7, 11) is 0. The van der Waals surface area contributed by atoms with Gasteiger partial charge in [0.2, 0.25) is 0 Å². The molecule has 2 heterocycles. The third kappa shape index (κ3) is 3.27. The largest absolute Gasteiger partial charge is 0.318 e. The molecule has 0 N–H and O–H groups in total. The van der Waals surface area contributed by atoms with Gasteiger partial charge in [-0.25, -0.2) is 4.98 Å². The second-order valence-electron chi connectivity index (χ2n) is 6.68. The molecule has 126 valence electrons. The van der Waals surface area contributed by atoms with Crippen LogP contribution in [0, 0.1) is 5.92 Å². The van der Waals surface area contributed by atoms with Crippen molar-refractivity contribution in [3.8, 4) is 0 Å². The SMILES string of the molecule is CC(C)Cn1c(SCc2ccccc2)nc2cnc3ccccc3c21. The first-order valence-corrected chi connectivity index (χ1v) is 9.61. The molecular formula is C21H21N3S. The summed E-state index contributed by atoms with van der Waals surface area (Å²) in [6.07, 6.45) is 1.90. The summed E-state index contributed by atoms with van der Waals surface area (Å²) in [5.41, 5.74) is 4.53. The van der Waals surface area contributed by atoms with Crippen molar-refractivity contribution in [3.63, 3.8) is 0 Å². The number of hydrogen-bond donors (Lipinski definition) is 0. The van der Waals surface area contributed by atoms with Gasteiger partial charge in [0.05, 0.1) is 17.2 Å². The molecule has 3 nitrogen and oxygen atoms in total. The normalized spacial score (nSPS) is 11.6. The lowest BCUT2D eigenvalue weighted by Crippen LogP contribution is -2.06. The molecule has 0 amide bonds. The lowest BCUT2D eigenvalue weighted by Gasteiger charge is -2.12. The van der Waals surface area contributed by atoms with Crippen LogP contribution in [0.25, 0.3) is 21.9 Å². The van der Waals surface area contributed by atoms with Gasteiger partial charge in [-0.3, -0.25) is 4.98 Å². The van der Waals surface area contributed by atoms with Gasteiger partial charge in [-0.1, -0.05) is 74.1 Å². The average Bonchev–Trinajstić information content (AvgIpc) is 2.98. The van der Waals surface area contributed by atoms with Crippen molar-refractivity contribution in [1.29, 1.82) is 0 Å². The van der Waals surface area contributed by atoms with E-state index in [0.29, 0.717) is 5.92 Å². The highest BCUT2D eigenvalue weighted by Crippen LogP contribution is 2.31. The molecule has 4 rings (SSSR count). The molecule has 25 heavy (non-hydrogen) atoms. The first kappa shape index (κ1) is 16.2. The Hall–Kier alpha value is -2.33. The van der Waals surface area contributed by atoms with Crippen molar-refractivity contribution in [2.24, 2.45) is 5.92 Å². The minimum Gasteiger partial charge on any atom is -0.318 e. The molecule has 0 unspecified atom stereocenters. The molecule has 2 aromatic heterocycles. The highest BCUT2D eigenvalue weighted by atomic mass is 32.2. The van der Waals surface area contributed by atoms with E-state index in [1.54, 1.807) is 11.8 Å². The van der Waals surface area contributed by atoms with E-state index in [-0.39, 0.29) is 0 Å². The van der Waals surface area contributed by atoms with Crippen molar-refractivity contribution >= 4 is 33.7 Å². The maximum atomic E-state index is 4.89. The summed E-state index contributed by atoms with van der Waals surface area (Å²) in [6, 6.07) is 18.9. The predicted octanol–water partition coefficient (Wildman–Crippen LogP) is 5.53. The highest BCUT2D eigenvalue weighted by Gasteiger charge is 2.15. The summed E-state index contributed by atoms with van der Waals surface area (Å²) in [6.45, 7) is 5.46. The molecule has 0 aliphatic carbocycles. The van der Waals surface area contributed by atoms with E-state index in [9.17, 15) is 0 Å². The van der Waals surface area contributed by atoms with Crippen molar-refractivity contribution in [1.82, 2.24) is 14.5 Å². The Morgan fingerprint density at radius 2 is 1.72 bits per heavy atom. The van der Waals surface area contributed by atoms with Crippen LogP contribution in [-0.4, -0.2) is 14.5 Å².